The van der Waals surface area contributed by atoms with Gasteiger partial charge < -0.3 is 15.0 Å². The van der Waals surface area contributed by atoms with Crippen LogP contribution in [0.25, 0.3) is 0 Å². The van der Waals surface area contributed by atoms with Crippen LogP contribution >= 0.6 is 0 Å². The second-order valence-electron chi connectivity index (χ2n) is 7.99. The van der Waals surface area contributed by atoms with Crippen molar-refractivity contribution < 1.29 is 14.3 Å². The maximum Gasteiger partial charge on any atom is 0.222 e. The van der Waals surface area contributed by atoms with E-state index in [0.717, 1.165) is 42.8 Å². The predicted molar refractivity (Wildman–Crippen MR) is 108 cm³/mol. The van der Waals surface area contributed by atoms with E-state index in [1.165, 1.54) is 0 Å². The number of carbonyl (C=O) groups is 2. The molecule has 0 spiro atoms. The number of hydrogen-bond donors (Lipinski definition) is 1. The number of nitrogens with one attached hydrogen (secondary N) is 1. The molecule has 0 aromatic heterocycles. The van der Waals surface area contributed by atoms with Crippen LogP contribution in [0, 0.1) is 19.8 Å². The summed E-state index contributed by atoms with van der Waals surface area (Å²) in [5, 5.41) is 3.11. The number of amides is 2. The lowest BCUT2D eigenvalue weighted by Crippen LogP contribution is -2.46. The minimum absolute atomic E-state index is 0.0760. The summed E-state index contributed by atoms with van der Waals surface area (Å²) < 4.78 is 5.86. The van der Waals surface area contributed by atoms with Gasteiger partial charge in [0, 0.05) is 32.0 Å². The zero-order valence-corrected chi connectivity index (χ0v) is 17.2. The van der Waals surface area contributed by atoms with Gasteiger partial charge in [-0.1, -0.05) is 32.0 Å². The Morgan fingerprint density at radius 1 is 1.19 bits per heavy atom. The van der Waals surface area contributed by atoms with E-state index in [2.05, 4.69) is 19.2 Å². The van der Waals surface area contributed by atoms with E-state index in [4.69, 9.17) is 4.74 Å². The fourth-order valence-corrected chi connectivity index (χ4v) is 3.49. The van der Waals surface area contributed by atoms with Crippen molar-refractivity contribution in [3.05, 3.63) is 29.3 Å². The average molecular weight is 375 g/mol. The van der Waals surface area contributed by atoms with Crippen molar-refractivity contribution >= 4 is 11.8 Å². The van der Waals surface area contributed by atoms with Crippen molar-refractivity contribution in [2.45, 2.75) is 65.8 Å². The van der Waals surface area contributed by atoms with E-state index in [9.17, 15) is 9.59 Å². The van der Waals surface area contributed by atoms with Crippen molar-refractivity contribution in [3.63, 3.8) is 0 Å². The Balaban J connectivity index is 1.63. The first kappa shape index (κ1) is 21.3. The third-order valence-corrected chi connectivity index (χ3v) is 5.00. The van der Waals surface area contributed by atoms with Crippen LogP contribution in [-0.2, 0) is 9.59 Å². The molecule has 1 heterocycles. The summed E-state index contributed by atoms with van der Waals surface area (Å²) in [6.07, 6.45) is 3.46. The average Bonchev–Trinajstić information content (AvgIpc) is 2.60. The lowest BCUT2D eigenvalue weighted by atomic mass is 10.0. The van der Waals surface area contributed by atoms with Gasteiger partial charge in [-0.25, -0.2) is 0 Å². The highest BCUT2D eigenvalue weighted by Crippen LogP contribution is 2.22. The minimum atomic E-state index is 0.0760. The second-order valence-corrected chi connectivity index (χ2v) is 7.99. The molecule has 0 radical (unpaired) electrons. The van der Waals surface area contributed by atoms with Crippen molar-refractivity contribution in [2.24, 2.45) is 5.92 Å². The van der Waals surface area contributed by atoms with Gasteiger partial charge in [-0.3, -0.25) is 9.59 Å². The molecule has 1 aromatic rings. The van der Waals surface area contributed by atoms with Crippen LogP contribution in [0.1, 0.15) is 57.1 Å². The summed E-state index contributed by atoms with van der Waals surface area (Å²) in [5.74, 6) is 1.63. The largest absolute Gasteiger partial charge is 0.493 e. The first-order chi connectivity index (χ1) is 12.9. The van der Waals surface area contributed by atoms with Gasteiger partial charge in [-0.2, -0.15) is 0 Å². The van der Waals surface area contributed by atoms with Gasteiger partial charge in [-0.05, 0) is 50.2 Å². The third-order valence-electron chi connectivity index (χ3n) is 5.00. The molecule has 5 heteroatoms. The molecule has 2 amide bonds. The summed E-state index contributed by atoms with van der Waals surface area (Å²) >= 11 is 0. The van der Waals surface area contributed by atoms with Gasteiger partial charge in [0.25, 0.3) is 0 Å². The molecule has 1 aromatic carbocycles. The number of likely N-dealkylation sites (tertiary alicyclic amines) is 1. The topological polar surface area (TPSA) is 58.6 Å². The fourth-order valence-electron chi connectivity index (χ4n) is 3.49. The van der Waals surface area contributed by atoms with Crippen LogP contribution in [-0.4, -0.2) is 42.5 Å². The normalized spacial score (nSPS) is 15.1. The number of piperidine rings is 1. The minimum Gasteiger partial charge on any atom is -0.493 e. The standard InChI is InChI=1S/C22H34N2O3/c1-16(2)15-21(26)24-12-10-19(11-13-24)23-20(25)9-6-14-27-22-17(3)7-5-8-18(22)4/h5,7-8,16,19H,6,9-15H2,1-4H3,(H,23,25). The summed E-state index contributed by atoms with van der Waals surface area (Å²) in [7, 11) is 0. The van der Waals surface area contributed by atoms with E-state index >= 15 is 0 Å². The molecule has 0 saturated carbocycles. The van der Waals surface area contributed by atoms with Crippen LogP contribution in [0.2, 0.25) is 0 Å². The molecular weight excluding hydrogens is 340 g/mol. The SMILES string of the molecule is Cc1cccc(C)c1OCCCC(=O)NC1CCN(C(=O)CC(C)C)CC1. The molecule has 0 aliphatic carbocycles. The molecule has 27 heavy (non-hydrogen) atoms. The van der Waals surface area contributed by atoms with E-state index in [-0.39, 0.29) is 17.9 Å². The number of hydrogen-bond acceptors (Lipinski definition) is 3. The molecule has 0 bridgehead atoms. The molecule has 1 fully saturated rings. The lowest BCUT2D eigenvalue weighted by Gasteiger charge is -2.32. The molecule has 5 nitrogen and oxygen atoms in total. The highest BCUT2D eigenvalue weighted by Gasteiger charge is 2.23. The Bertz CT molecular complexity index is 614. The van der Waals surface area contributed by atoms with Crippen molar-refractivity contribution in [3.8, 4) is 5.75 Å². The number of para-hydroxylation sites is 1. The van der Waals surface area contributed by atoms with Crippen LogP contribution in [0.5, 0.6) is 5.75 Å². The summed E-state index contributed by atoms with van der Waals surface area (Å²) in [6.45, 7) is 10.2. The lowest BCUT2D eigenvalue weighted by molar-refractivity contribution is -0.133. The van der Waals surface area contributed by atoms with E-state index in [1.807, 2.05) is 36.9 Å². The van der Waals surface area contributed by atoms with E-state index in [1.54, 1.807) is 0 Å². The number of rotatable bonds is 8. The van der Waals surface area contributed by atoms with E-state index < -0.39 is 0 Å². The van der Waals surface area contributed by atoms with Crippen molar-refractivity contribution in [2.75, 3.05) is 19.7 Å². The van der Waals surface area contributed by atoms with Gasteiger partial charge in [0.15, 0.2) is 0 Å². The quantitative estimate of drug-likeness (QED) is 0.707. The number of benzene rings is 1. The molecule has 150 valence electrons. The maximum atomic E-state index is 12.2. The molecule has 1 aliphatic heterocycles. The van der Waals surface area contributed by atoms with Crippen molar-refractivity contribution in [1.82, 2.24) is 10.2 Å². The summed E-state index contributed by atoms with van der Waals surface area (Å²) in [5.41, 5.74) is 2.25. The molecular formula is C22H34N2O3. The van der Waals surface area contributed by atoms with Crippen LogP contribution in [0.3, 0.4) is 0 Å². The number of ether oxygens (including phenoxy) is 1. The highest BCUT2D eigenvalue weighted by molar-refractivity contribution is 5.77. The second kappa shape index (κ2) is 10.3. The smallest absolute Gasteiger partial charge is 0.222 e. The van der Waals surface area contributed by atoms with Gasteiger partial charge in [0.1, 0.15) is 5.75 Å². The maximum absolute atomic E-state index is 12.2. The zero-order valence-electron chi connectivity index (χ0n) is 17.2. The highest BCUT2D eigenvalue weighted by atomic mass is 16.5. The first-order valence-electron chi connectivity index (χ1n) is 10.1. The Hall–Kier alpha value is -2.04. The van der Waals surface area contributed by atoms with Crippen LogP contribution < -0.4 is 10.1 Å². The van der Waals surface area contributed by atoms with Crippen LogP contribution in [0.4, 0.5) is 0 Å². The van der Waals surface area contributed by atoms with Crippen LogP contribution in [0.15, 0.2) is 18.2 Å². The molecule has 0 unspecified atom stereocenters. The Kier molecular flexibility index (Phi) is 8.14. The Labute approximate surface area is 163 Å². The Morgan fingerprint density at radius 3 is 2.41 bits per heavy atom. The van der Waals surface area contributed by atoms with Gasteiger partial charge in [0.05, 0.1) is 6.61 Å². The summed E-state index contributed by atoms with van der Waals surface area (Å²) in [4.78, 5) is 26.2. The Morgan fingerprint density at radius 2 is 1.81 bits per heavy atom. The van der Waals surface area contributed by atoms with Gasteiger partial charge in [0.2, 0.25) is 11.8 Å². The summed E-state index contributed by atoms with van der Waals surface area (Å²) in [6, 6.07) is 6.27. The molecule has 1 N–H and O–H groups in total. The number of carbonyl (C=O) groups excluding carboxylic acids is 2. The molecule has 1 saturated heterocycles. The molecule has 2 rings (SSSR count). The molecule has 0 atom stereocenters. The van der Waals surface area contributed by atoms with Crippen molar-refractivity contribution in [1.29, 1.82) is 0 Å². The third kappa shape index (κ3) is 6.89. The van der Waals surface area contributed by atoms with Gasteiger partial charge in [-0.15, -0.1) is 0 Å². The molecule has 1 aliphatic rings. The number of aryl methyl sites for hydroxylation is 2. The predicted octanol–water partition coefficient (Wildman–Crippen LogP) is 3.62. The monoisotopic (exact) mass is 374 g/mol. The number of nitrogens with zero attached hydrogens (tertiary/aromatic N) is 1. The first-order valence-corrected chi connectivity index (χ1v) is 10.1. The fraction of sp³-hybridized carbons (Fsp3) is 0.636. The van der Waals surface area contributed by atoms with Gasteiger partial charge >= 0.3 is 0 Å². The zero-order chi connectivity index (χ0) is 19.8. The van der Waals surface area contributed by atoms with E-state index in [0.29, 0.717) is 31.8 Å².